The molecule has 0 aliphatic carbocycles. The average molecular weight is 555 g/mol. The molecule has 1 heterocycles. The first kappa shape index (κ1) is 27.2. The lowest BCUT2D eigenvalue weighted by Gasteiger charge is -2.17. The first-order chi connectivity index (χ1) is 19.4. The quantitative estimate of drug-likeness (QED) is 0.0974. The van der Waals surface area contributed by atoms with Crippen molar-refractivity contribution in [3.63, 3.8) is 0 Å². The van der Waals surface area contributed by atoms with Crippen LogP contribution in [-0.4, -0.2) is 32.8 Å². The average Bonchev–Trinajstić information content (AvgIpc) is 3.31. The first-order valence-electron chi connectivity index (χ1n) is 13.1. The molecule has 4 aromatic carbocycles. The highest BCUT2D eigenvalue weighted by atomic mass is 32.2. The van der Waals surface area contributed by atoms with Gasteiger partial charge >= 0.3 is 0 Å². The highest BCUT2D eigenvalue weighted by molar-refractivity contribution is 7.99. The summed E-state index contributed by atoms with van der Waals surface area (Å²) in [5.74, 6) is 1.84. The van der Waals surface area contributed by atoms with Gasteiger partial charge in [-0.3, -0.25) is 14.7 Å². The molecule has 1 atom stereocenters. The standard InChI is InChI=1S/C31H30N4O4S/c1-4-38-29-18-26(14-15-28(29)39-20-23-12-13-24-9-5-6-10-25(24)17-23)30(19-34(36)37)40-31-33-32-22(3)35(31)27-11-7-8-21(2)16-27/h5-18,30H,4,19-20H2,1-3H3/t30-/m0/s1. The molecule has 5 rings (SSSR count). The zero-order valence-electron chi connectivity index (χ0n) is 22.6. The number of thioether (sulfide) groups is 1. The van der Waals surface area contributed by atoms with E-state index in [1.165, 1.54) is 17.1 Å². The normalized spacial score (nSPS) is 11.9. The molecular formula is C31H30N4O4S. The summed E-state index contributed by atoms with van der Waals surface area (Å²) in [6, 6.07) is 28.0. The van der Waals surface area contributed by atoms with E-state index >= 15 is 0 Å². The molecule has 0 bridgehead atoms. The van der Waals surface area contributed by atoms with Gasteiger partial charge in [-0.15, -0.1) is 10.2 Å². The van der Waals surface area contributed by atoms with Crippen LogP contribution in [0.1, 0.15) is 34.7 Å². The fraction of sp³-hybridized carbons (Fsp3) is 0.226. The minimum absolute atomic E-state index is 0.284. The van der Waals surface area contributed by atoms with Crippen molar-refractivity contribution in [1.29, 1.82) is 0 Å². The third kappa shape index (κ3) is 6.26. The summed E-state index contributed by atoms with van der Waals surface area (Å²) in [4.78, 5) is 11.4. The molecule has 40 heavy (non-hydrogen) atoms. The third-order valence-electron chi connectivity index (χ3n) is 6.47. The molecule has 1 aromatic heterocycles. The first-order valence-corrected chi connectivity index (χ1v) is 13.9. The monoisotopic (exact) mass is 554 g/mol. The molecule has 0 fully saturated rings. The van der Waals surface area contributed by atoms with Gasteiger partial charge in [0.05, 0.1) is 6.61 Å². The number of aryl methyl sites for hydroxylation is 2. The number of rotatable bonds is 11. The van der Waals surface area contributed by atoms with E-state index in [4.69, 9.17) is 9.47 Å². The van der Waals surface area contributed by atoms with Crippen molar-refractivity contribution in [2.75, 3.05) is 13.2 Å². The van der Waals surface area contributed by atoms with Crippen LogP contribution in [0.2, 0.25) is 0 Å². The van der Waals surface area contributed by atoms with Crippen molar-refractivity contribution < 1.29 is 14.4 Å². The van der Waals surface area contributed by atoms with Gasteiger partial charge in [0.2, 0.25) is 6.54 Å². The van der Waals surface area contributed by atoms with Crippen molar-refractivity contribution in [3.05, 3.63) is 118 Å². The van der Waals surface area contributed by atoms with E-state index in [1.54, 1.807) is 0 Å². The van der Waals surface area contributed by atoms with Crippen LogP contribution in [0.5, 0.6) is 11.5 Å². The van der Waals surface area contributed by atoms with Crippen molar-refractivity contribution in [1.82, 2.24) is 14.8 Å². The van der Waals surface area contributed by atoms with Crippen LogP contribution in [-0.2, 0) is 6.61 Å². The second kappa shape index (κ2) is 12.2. The molecule has 0 amide bonds. The Hall–Kier alpha value is -4.37. The number of benzene rings is 4. The SMILES string of the molecule is CCOc1cc([C@H](C[N+](=O)[O-])Sc2nnc(C)n2-c2cccc(C)c2)ccc1OCc1ccc2ccccc2c1. The largest absolute Gasteiger partial charge is 0.490 e. The molecule has 5 aromatic rings. The lowest BCUT2D eigenvalue weighted by molar-refractivity contribution is -0.479. The topological polar surface area (TPSA) is 92.3 Å². The fourth-order valence-corrected chi connectivity index (χ4v) is 5.72. The summed E-state index contributed by atoms with van der Waals surface area (Å²) in [6.45, 7) is 6.31. The molecule has 204 valence electrons. The van der Waals surface area contributed by atoms with E-state index in [0.29, 0.717) is 35.7 Å². The molecule has 9 heteroatoms. The molecule has 0 unspecified atom stereocenters. The van der Waals surface area contributed by atoms with E-state index in [0.717, 1.165) is 27.8 Å². The molecule has 0 aliphatic heterocycles. The Morgan fingerprint density at radius 3 is 2.50 bits per heavy atom. The summed E-state index contributed by atoms with van der Waals surface area (Å²) >= 11 is 1.31. The van der Waals surface area contributed by atoms with Gasteiger partial charge in [0.1, 0.15) is 17.7 Å². The Bertz CT molecular complexity index is 1650. The number of hydrogen-bond acceptors (Lipinski definition) is 7. The lowest BCUT2D eigenvalue weighted by atomic mass is 10.1. The molecular weight excluding hydrogens is 524 g/mol. The molecule has 0 saturated carbocycles. The Labute approximate surface area is 237 Å². The second-order valence-electron chi connectivity index (χ2n) is 9.44. The van der Waals surface area contributed by atoms with Crippen molar-refractivity contribution in [2.45, 2.75) is 37.8 Å². The maximum Gasteiger partial charge on any atom is 0.220 e. The Balaban J connectivity index is 1.41. The van der Waals surface area contributed by atoms with Gasteiger partial charge in [-0.2, -0.15) is 0 Å². The zero-order valence-corrected chi connectivity index (χ0v) is 23.4. The summed E-state index contributed by atoms with van der Waals surface area (Å²) in [5.41, 5.74) is 3.80. The summed E-state index contributed by atoms with van der Waals surface area (Å²) in [6.07, 6.45) is 0. The maximum absolute atomic E-state index is 11.7. The van der Waals surface area contributed by atoms with E-state index in [2.05, 4.69) is 34.5 Å². The van der Waals surface area contributed by atoms with Crippen molar-refractivity contribution in [3.8, 4) is 17.2 Å². The highest BCUT2D eigenvalue weighted by Crippen LogP contribution is 2.40. The number of fused-ring (bicyclic) bond motifs is 1. The third-order valence-corrected chi connectivity index (χ3v) is 7.65. The number of nitrogens with zero attached hydrogens (tertiary/aromatic N) is 4. The van der Waals surface area contributed by atoms with Crippen LogP contribution in [0.15, 0.2) is 90.1 Å². The van der Waals surface area contributed by atoms with Gasteiger partial charge in [-0.25, -0.2) is 0 Å². The lowest BCUT2D eigenvalue weighted by Crippen LogP contribution is -2.12. The predicted molar refractivity (Wildman–Crippen MR) is 157 cm³/mol. The van der Waals surface area contributed by atoms with Crippen molar-refractivity contribution in [2.24, 2.45) is 0 Å². The Morgan fingerprint density at radius 1 is 0.900 bits per heavy atom. The van der Waals surface area contributed by atoms with E-state index in [-0.39, 0.29) is 11.5 Å². The minimum Gasteiger partial charge on any atom is -0.490 e. The number of aromatic nitrogens is 3. The van der Waals surface area contributed by atoms with Crippen LogP contribution < -0.4 is 9.47 Å². The van der Waals surface area contributed by atoms with Crippen LogP contribution >= 0.6 is 11.8 Å². The minimum atomic E-state index is -0.518. The van der Waals surface area contributed by atoms with Crippen LogP contribution in [0.4, 0.5) is 0 Å². The van der Waals surface area contributed by atoms with Gasteiger partial charge in [-0.05, 0) is 78.6 Å². The molecule has 0 spiro atoms. The van der Waals surface area contributed by atoms with Gasteiger partial charge in [-0.1, -0.05) is 66.4 Å². The van der Waals surface area contributed by atoms with Crippen LogP contribution in [0.3, 0.4) is 0 Å². The molecule has 0 N–H and O–H groups in total. The zero-order chi connectivity index (χ0) is 28.1. The summed E-state index contributed by atoms with van der Waals surface area (Å²) < 4.78 is 14.0. The van der Waals surface area contributed by atoms with Gasteiger partial charge < -0.3 is 9.47 Å². The van der Waals surface area contributed by atoms with Crippen molar-refractivity contribution >= 4 is 22.5 Å². The van der Waals surface area contributed by atoms with Gasteiger partial charge in [0.25, 0.3) is 0 Å². The predicted octanol–water partition coefficient (Wildman–Crippen LogP) is 7.13. The Morgan fingerprint density at radius 2 is 1.73 bits per heavy atom. The summed E-state index contributed by atoms with van der Waals surface area (Å²) in [5, 5.41) is 22.7. The highest BCUT2D eigenvalue weighted by Gasteiger charge is 2.25. The van der Waals surface area contributed by atoms with Crippen LogP contribution in [0, 0.1) is 24.0 Å². The van der Waals surface area contributed by atoms with Gasteiger partial charge in [0, 0.05) is 10.6 Å². The number of hydrogen-bond donors (Lipinski definition) is 0. The van der Waals surface area contributed by atoms with E-state index < -0.39 is 5.25 Å². The molecule has 0 saturated heterocycles. The number of nitro groups is 1. The number of ether oxygens (including phenoxy) is 2. The molecule has 0 aliphatic rings. The smallest absolute Gasteiger partial charge is 0.220 e. The molecule has 8 nitrogen and oxygen atoms in total. The summed E-state index contributed by atoms with van der Waals surface area (Å²) in [7, 11) is 0. The maximum atomic E-state index is 11.7. The second-order valence-corrected chi connectivity index (χ2v) is 10.6. The Kier molecular flexibility index (Phi) is 8.31. The van der Waals surface area contributed by atoms with Crippen LogP contribution in [0.25, 0.3) is 16.5 Å². The van der Waals surface area contributed by atoms with E-state index in [9.17, 15) is 10.1 Å². The van der Waals surface area contributed by atoms with E-state index in [1.807, 2.05) is 86.0 Å². The van der Waals surface area contributed by atoms with Gasteiger partial charge in [0.15, 0.2) is 16.7 Å². The molecule has 0 radical (unpaired) electrons. The fourth-order valence-electron chi connectivity index (χ4n) is 4.56.